The van der Waals surface area contributed by atoms with E-state index in [9.17, 15) is 4.79 Å². The number of aryl methyl sites for hydroxylation is 1. The lowest BCUT2D eigenvalue weighted by molar-refractivity contribution is 0.0948. The molecule has 1 amide bonds. The molecule has 0 radical (unpaired) electrons. The first-order chi connectivity index (χ1) is 7.54. The molecule has 0 aliphatic rings. The van der Waals surface area contributed by atoms with Crippen LogP contribution in [-0.2, 0) is 0 Å². The lowest BCUT2D eigenvalue weighted by atomic mass is 10.3. The van der Waals surface area contributed by atoms with Crippen LogP contribution in [0.4, 0.5) is 5.69 Å². The molecule has 1 aromatic heterocycles. The Morgan fingerprint density at radius 1 is 1.69 bits per heavy atom. The largest absolute Gasteiger partial charge is 0.398 e. The lowest BCUT2D eigenvalue weighted by Gasteiger charge is -2.11. The summed E-state index contributed by atoms with van der Waals surface area (Å²) in [5.41, 5.74) is 6.42. The Morgan fingerprint density at radius 2 is 2.38 bits per heavy atom. The molecule has 0 saturated carbocycles. The number of amides is 1. The summed E-state index contributed by atoms with van der Waals surface area (Å²) in [5, 5.41) is 2.97. The number of nitrogens with one attached hydrogen (secondary N) is 1. The minimum atomic E-state index is -0.0194. The fraction of sp³-hybridized carbons (Fsp3) is 0.545. The van der Waals surface area contributed by atoms with Gasteiger partial charge in [0.05, 0.1) is 4.88 Å². The van der Waals surface area contributed by atoms with Crippen molar-refractivity contribution in [2.45, 2.75) is 26.8 Å². The summed E-state index contributed by atoms with van der Waals surface area (Å²) in [7, 11) is 0. The van der Waals surface area contributed by atoms with Crippen molar-refractivity contribution in [2.24, 2.45) is 0 Å². The van der Waals surface area contributed by atoms with Gasteiger partial charge < -0.3 is 11.1 Å². The summed E-state index contributed by atoms with van der Waals surface area (Å²) < 4.78 is 0. The first-order valence-corrected chi connectivity index (χ1v) is 7.26. The van der Waals surface area contributed by atoms with E-state index >= 15 is 0 Å². The second-order valence-electron chi connectivity index (χ2n) is 3.66. The zero-order valence-corrected chi connectivity index (χ0v) is 11.5. The van der Waals surface area contributed by atoms with E-state index in [1.54, 1.807) is 6.07 Å². The van der Waals surface area contributed by atoms with Gasteiger partial charge in [-0.05, 0) is 25.7 Å². The number of nitrogens with two attached hydrogens (primary N) is 1. The van der Waals surface area contributed by atoms with Crippen LogP contribution in [0.1, 0.15) is 28.4 Å². The second kappa shape index (κ2) is 6.15. The molecule has 0 fully saturated rings. The van der Waals surface area contributed by atoms with Gasteiger partial charge in [0.25, 0.3) is 5.91 Å². The zero-order chi connectivity index (χ0) is 12.1. The minimum Gasteiger partial charge on any atom is -0.398 e. The Hall–Kier alpha value is -0.680. The maximum atomic E-state index is 11.8. The van der Waals surface area contributed by atoms with Crippen molar-refractivity contribution in [1.29, 1.82) is 0 Å². The molecular weight excluding hydrogens is 240 g/mol. The normalized spacial score (nSPS) is 12.4. The van der Waals surface area contributed by atoms with Crippen LogP contribution >= 0.6 is 23.1 Å². The minimum absolute atomic E-state index is 0.0194. The van der Waals surface area contributed by atoms with E-state index in [1.165, 1.54) is 11.3 Å². The van der Waals surface area contributed by atoms with Gasteiger partial charge in [-0.25, -0.2) is 0 Å². The Labute approximate surface area is 105 Å². The molecule has 0 aliphatic heterocycles. The quantitative estimate of drug-likeness (QED) is 0.853. The highest BCUT2D eigenvalue weighted by molar-refractivity contribution is 7.99. The SMILES string of the molecule is CCSCC(C)NC(=O)c1cc(N)c(C)s1. The van der Waals surface area contributed by atoms with Crippen molar-refractivity contribution in [3.05, 3.63) is 15.8 Å². The van der Waals surface area contributed by atoms with E-state index in [2.05, 4.69) is 12.2 Å². The van der Waals surface area contributed by atoms with Crippen LogP contribution in [-0.4, -0.2) is 23.5 Å². The number of thiophene rings is 1. The van der Waals surface area contributed by atoms with Gasteiger partial charge in [0.1, 0.15) is 0 Å². The Kier molecular flexibility index (Phi) is 5.15. The smallest absolute Gasteiger partial charge is 0.261 e. The van der Waals surface area contributed by atoms with Crippen LogP contribution in [0.3, 0.4) is 0 Å². The van der Waals surface area contributed by atoms with E-state index in [-0.39, 0.29) is 11.9 Å². The third-order valence-corrected chi connectivity index (χ3v) is 4.34. The predicted octanol–water partition coefficient (Wildman–Crippen LogP) is 2.51. The highest BCUT2D eigenvalue weighted by atomic mass is 32.2. The first kappa shape index (κ1) is 13.4. The number of carbonyl (C=O) groups is 1. The molecule has 0 spiro atoms. The molecule has 1 unspecified atom stereocenters. The van der Waals surface area contributed by atoms with E-state index in [0.717, 1.165) is 16.4 Å². The highest BCUT2D eigenvalue weighted by Crippen LogP contribution is 2.23. The van der Waals surface area contributed by atoms with Crippen LogP contribution in [0, 0.1) is 6.92 Å². The Balaban J connectivity index is 2.52. The number of nitrogen functional groups attached to an aromatic ring is 1. The van der Waals surface area contributed by atoms with Crippen molar-refractivity contribution < 1.29 is 4.79 Å². The summed E-state index contributed by atoms with van der Waals surface area (Å²) >= 11 is 3.27. The van der Waals surface area contributed by atoms with Gasteiger partial charge in [0.2, 0.25) is 0 Å². The summed E-state index contributed by atoms with van der Waals surface area (Å²) in [6.07, 6.45) is 0. The molecule has 1 atom stereocenters. The molecule has 0 saturated heterocycles. The van der Waals surface area contributed by atoms with E-state index in [1.807, 2.05) is 25.6 Å². The highest BCUT2D eigenvalue weighted by Gasteiger charge is 2.13. The number of carbonyl (C=O) groups excluding carboxylic acids is 1. The number of thioether (sulfide) groups is 1. The number of hydrogen-bond donors (Lipinski definition) is 2. The van der Waals surface area contributed by atoms with Crippen molar-refractivity contribution in [3.8, 4) is 0 Å². The fourth-order valence-electron chi connectivity index (χ4n) is 1.24. The molecule has 3 nitrogen and oxygen atoms in total. The zero-order valence-electron chi connectivity index (χ0n) is 9.87. The van der Waals surface area contributed by atoms with Gasteiger partial charge in [0.15, 0.2) is 0 Å². The lowest BCUT2D eigenvalue weighted by Crippen LogP contribution is -2.33. The number of rotatable bonds is 5. The van der Waals surface area contributed by atoms with Crippen LogP contribution < -0.4 is 11.1 Å². The summed E-state index contributed by atoms with van der Waals surface area (Å²) in [4.78, 5) is 13.5. The van der Waals surface area contributed by atoms with Crippen molar-refractivity contribution in [1.82, 2.24) is 5.32 Å². The van der Waals surface area contributed by atoms with Crippen molar-refractivity contribution in [2.75, 3.05) is 17.2 Å². The van der Waals surface area contributed by atoms with Crippen LogP contribution in [0.25, 0.3) is 0 Å². The third-order valence-electron chi connectivity index (χ3n) is 2.13. The fourth-order valence-corrected chi connectivity index (χ4v) is 2.76. The summed E-state index contributed by atoms with van der Waals surface area (Å²) in [5.74, 6) is 2.00. The number of hydrogen-bond acceptors (Lipinski definition) is 4. The molecule has 0 bridgehead atoms. The van der Waals surface area contributed by atoms with Crippen LogP contribution in [0.2, 0.25) is 0 Å². The summed E-state index contributed by atoms with van der Waals surface area (Å²) in [6.45, 7) is 6.06. The molecule has 1 rings (SSSR count). The first-order valence-electron chi connectivity index (χ1n) is 5.29. The average Bonchev–Trinajstić information content (AvgIpc) is 2.56. The molecule has 1 aromatic rings. The Morgan fingerprint density at radius 3 is 2.88 bits per heavy atom. The van der Waals surface area contributed by atoms with E-state index in [0.29, 0.717) is 10.6 Å². The number of anilines is 1. The van der Waals surface area contributed by atoms with Crippen molar-refractivity contribution >= 4 is 34.7 Å². The monoisotopic (exact) mass is 258 g/mol. The topological polar surface area (TPSA) is 55.1 Å². The molecule has 3 N–H and O–H groups in total. The maximum absolute atomic E-state index is 11.8. The molecule has 16 heavy (non-hydrogen) atoms. The van der Waals surface area contributed by atoms with Crippen molar-refractivity contribution in [3.63, 3.8) is 0 Å². The standard InChI is InChI=1S/C11H18N2OS2/c1-4-15-6-7(2)13-11(14)10-5-9(12)8(3)16-10/h5,7H,4,6,12H2,1-3H3,(H,13,14). The Bertz CT molecular complexity index is 343. The van der Waals surface area contributed by atoms with Gasteiger partial charge in [-0.3, -0.25) is 4.79 Å². The molecule has 0 aliphatic carbocycles. The molecular formula is C11H18N2OS2. The maximum Gasteiger partial charge on any atom is 0.261 e. The van der Waals surface area contributed by atoms with Crippen LogP contribution in [0.5, 0.6) is 0 Å². The van der Waals surface area contributed by atoms with Gasteiger partial charge in [-0.2, -0.15) is 11.8 Å². The predicted molar refractivity (Wildman–Crippen MR) is 73.4 cm³/mol. The third kappa shape index (κ3) is 3.72. The van der Waals surface area contributed by atoms with Gasteiger partial charge in [-0.15, -0.1) is 11.3 Å². The molecule has 5 heteroatoms. The molecule has 90 valence electrons. The molecule has 1 heterocycles. The van der Waals surface area contributed by atoms with Gasteiger partial charge in [-0.1, -0.05) is 6.92 Å². The summed E-state index contributed by atoms with van der Waals surface area (Å²) in [6, 6.07) is 1.94. The second-order valence-corrected chi connectivity index (χ2v) is 6.23. The van der Waals surface area contributed by atoms with E-state index in [4.69, 9.17) is 5.73 Å². The van der Waals surface area contributed by atoms with Crippen LogP contribution in [0.15, 0.2) is 6.07 Å². The van der Waals surface area contributed by atoms with Gasteiger partial charge >= 0.3 is 0 Å². The van der Waals surface area contributed by atoms with E-state index < -0.39 is 0 Å². The average molecular weight is 258 g/mol. The molecule has 0 aromatic carbocycles. The van der Waals surface area contributed by atoms with Gasteiger partial charge in [0, 0.05) is 22.4 Å².